The van der Waals surface area contributed by atoms with E-state index in [1.165, 1.54) is 0 Å². The van der Waals surface area contributed by atoms with Gasteiger partial charge in [0.1, 0.15) is 0 Å². The number of rotatable bonds is 6. The zero-order valence-corrected chi connectivity index (χ0v) is 16.4. The first kappa shape index (κ1) is 18.8. The van der Waals surface area contributed by atoms with Crippen molar-refractivity contribution in [2.45, 2.75) is 25.9 Å². The largest absolute Gasteiger partial charge is 0.481 e. The van der Waals surface area contributed by atoms with Crippen molar-refractivity contribution in [3.8, 4) is 11.6 Å². The summed E-state index contributed by atoms with van der Waals surface area (Å²) < 4.78 is 7.24. The summed E-state index contributed by atoms with van der Waals surface area (Å²) in [6, 6.07) is 17.5. The second-order valence-electron chi connectivity index (χ2n) is 6.17. The molecule has 0 bridgehead atoms. The zero-order valence-electron chi connectivity index (χ0n) is 14.9. The molecule has 0 spiro atoms. The third-order valence-electron chi connectivity index (χ3n) is 4.25. The van der Waals surface area contributed by atoms with Crippen LogP contribution in [0.1, 0.15) is 37.2 Å². The average Bonchev–Trinajstić information content (AvgIpc) is 3.06. The number of aromatic nitrogens is 2. The van der Waals surface area contributed by atoms with E-state index in [9.17, 15) is 0 Å². The lowest BCUT2D eigenvalue weighted by molar-refractivity contribution is 0.383. The van der Waals surface area contributed by atoms with E-state index in [0.29, 0.717) is 10.9 Å². The minimum Gasteiger partial charge on any atom is -0.481 e. The van der Waals surface area contributed by atoms with Gasteiger partial charge in [-0.15, -0.1) is 0 Å². The first-order valence-electron chi connectivity index (χ1n) is 8.39. The maximum absolute atomic E-state index is 6.10. The number of halogens is 2. The number of nitrogens with one attached hydrogen (secondary N) is 1. The van der Waals surface area contributed by atoms with Crippen LogP contribution in [0.15, 0.2) is 54.6 Å². The third-order valence-corrected chi connectivity index (χ3v) is 4.72. The summed E-state index contributed by atoms with van der Waals surface area (Å²) in [4.78, 5) is 0. The molecule has 2 aromatic carbocycles. The van der Waals surface area contributed by atoms with Crippen molar-refractivity contribution in [1.29, 1.82) is 0 Å². The van der Waals surface area contributed by atoms with Gasteiger partial charge in [-0.1, -0.05) is 41.4 Å². The lowest BCUT2D eigenvalue weighted by atomic mass is 10.1. The van der Waals surface area contributed by atoms with Crippen LogP contribution in [-0.2, 0) is 0 Å². The average molecular weight is 390 g/mol. The SMILES string of the molecule is COc1cc(C(C)N[C@H](C)c2cccc(Cl)c2)nn1-c1cccc(Cl)c1. The van der Waals surface area contributed by atoms with E-state index in [-0.39, 0.29) is 12.1 Å². The zero-order chi connectivity index (χ0) is 18.7. The van der Waals surface area contributed by atoms with Crippen LogP contribution in [-0.4, -0.2) is 16.9 Å². The molecule has 0 radical (unpaired) electrons. The summed E-state index contributed by atoms with van der Waals surface area (Å²) in [5, 5.41) is 9.64. The predicted molar refractivity (Wildman–Crippen MR) is 107 cm³/mol. The van der Waals surface area contributed by atoms with Gasteiger partial charge in [0.15, 0.2) is 0 Å². The Labute approximate surface area is 163 Å². The summed E-state index contributed by atoms with van der Waals surface area (Å²) in [7, 11) is 1.63. The highest BCUT2D eigenvalue weighted by Gasteiger charge is 2.17. The van der Waals surface area contributed by atoms with Gasteiger partial charge < -0.3 is 10.1 Å². The molecule has 0 fully saturated rings. The molecule has 4 nitrogen and oxygen atoms in total. The monoisotopic (exact) mass is 389 g/mol. The molecule has 0 aliphatic rings. The molecule has 3 aromatic rings. The van der Waals surface area contributed by atoms with Crippen LogP contribution in [0, 0.1) is 0 Å². The quantitative estimate of drug-likeness (QED) is 0.596. The summed E-state index contributed by atoms with van der Waals surface area (Å²) in [6.07, 6.45) is 0. The summed E-state index contributed by atoms with van der Waals surface area (Å²) in [5.74, 6) is 0.659. The van der Waals surface area contributed by atoms with Crippen molar-refractivity contribution >= 4 is 23.2 Å². The van der Waals surface area contributed by atoms with E-state index in [0.717, 1.165) is 22.0 Å². The van der Waals surface area contributed by atoms with Crippen molar-refractivity contribution in [3.63, 3.8) is 0 Å². The highest BCUT2D eigenvalue weighted by molar-refractivity contribution is 6.31. The van der Waals surface area contributed by atoms with Gasteiger partial charge in [0, 0.05) is 28.2 Å². The normalized spacial score (nSPS) is 13.4. The van der Waals surface area contributed by atoms with Crippen molar-refractivity contribution in [1.82, 2.24) is 15.1 Å². The van der Waals surface area contributed by atoms with Gasteiger partial charge in [-0.25, -0.2) is 4.68 Å². The Bertz CT molecular complexity index is 894. The number of methoxy groups -OCH3 is 1. The predicted octanol–water partition coefficient (Wildman–Crippen LogP) is 5.60. The second kappa shape index (κ2) is 8.12. The third kappa shape index (κ3) is 4.21. The summed E-state index contributed by atoms with van der Waals surface area (Å²) >= 11 is 12.2. The molecule has 26 heavy (non-hydrogen) atoms. The number of hydrogen-bond donors (Lipinski definition) is 1. The molecular weight excluding hydrogens is 369 g/mol. The molecule has 0 aliphatic carbocycles. The lowest BCUT2D eigenvalue weighted by Gasteiger charge is -2.19. The fourth-order valence-corrected chi connectivity index (χ4v) is 3.25. The molecule has 1 N–H and O–H groups in total. The van der Waals surface area contributed by atoms with Crippen LogP contribution in [0.5, 0.6) is 5.88 Å². The van der Waals surface area contributed by atoms with E-state index < -0.39 is 0 Å². The smallest absolute Gasteiger partial charge is 0.216 e. The van der Waals surface area contributed by atoms with Gasteiger partial charge in [0.05, 0.1) is 18.5 Å². The molecule has 3 rings (SSSR count). The van der Waals surface area contributed by atoms with Crippen LogP contribution >= 0.6 is 23.2 Å². The van der Waals surface area contributed by atoms with E-state index in [4.69, 9.17) is 33.0 Å². The van der Waals surface area contributed by atoms with Gasteiger partial charge in [-0.05, 0) is 49.7 Å². The Kier molecular flexibility index (Phi) is 5.87. The van der Waals surface area contributed by atoms with Crippen LogP contribution < -0.4 is 10.1 Å². The summed E-state index contributed by atoms with van der Waals surface area (Å²) in [5.41, 5.74) is 2.87. The molecule has 1 heterocycles. The van der Waals surface area contributed by atoms with E-state index in [2.05, 4.69) is 25.2 Å². The first-order chi connectivity index (χ1) is 12.5. The maximum Gasteiger partial charge on any atom is 0.216 e. The van der Waals surface area contributed by atoms with E-state index in [1.54, 1.807) is 11.8 Å². The van der Waals surface area contributed by atoms with Crippen molar-refractivity contribution in [3.05, 3.63) is 75.9 Å². The molecule has 0 aliphatic heterocycles. The van der Waals surface area contributed by atoms with Crippen LogP contribution in [0.25, 0.3) is 5.69 Å². The topological polar surface area (TPSA) is 39.1 Å². The molecule has 1 unspecified atom stereocenters. The van der Waals surface area contributed by atoms with E-state index in [1.807, 2.05) is 48.5 Å². The van der Waals surface area contributed by atoms with Gasteiger partial charge in [-0.2, -0.15) is 5.10 Å². The minimum atomic E-state index is 0.0262. The Morgan fingerprint density at radius 1 is 0.962 bits per heavy atom. The molecule has 0 saturated carbocycles. The van der Waals surface area contributed by atoms with Gasteiger partial charge in [-0.3, -0.25) is 0 Å². The standard InChI is InChI=1S/C20H21Cl2N3O/c1-13(15-6-4-7-16(21)10-15)23-14(2)19-12-20(26-3)25(24-19)18-9-5-8-17(22)11-18/h4-14,23H,1-3H3/t13-,14?/m1/s1. The fourth-order valence-electron chi connectivity index (χ4n) is 2.86. The molecule has 6 heteroatoms. The van der Waals surface area contributed by atoms with Crippen LogP contribution in [0.3, 0.4) is 0 Å². The number of benzene rings is 2. The van der Waals surface area contributed by atoms with Gasteiger partial charge in [0.2, 0.25) is 5.88 Å². The molecule has 1 aromatic heterocycles. The number of nitrogens with zero attached hydrogens (tertiary/aromatic N) is 2. The minimum absolute atomic E-state index is 0.0262. The van der Waals surface area contributed by atoms with Crippen molar-refractivity contribution in [2.24, 2.45) is 0 Å². The van der Waals surface area contributed by atoms with Crippen molar-refractivity contribution in [2.75, 3.05) is 7.11 Å². The van der Waals surface area contributed by atoms with Crippen LogP contribution in [0.2, 0.25) is 10.0 Å². The van der Waals surface area contributed by atoms with Gasteiger partial charge >= 0.3 is 0 Å². The number of ether oxygens (including phenoxy) is 1. The fraction of sp³-hybridized carbons (Fsp3) is 0.250. The highest BCUT2D eigenvalue weighted by Crippen LogP contribution is 2.26. The molecule has 136 valence electrons. The Morgan fingerprint density at radius 3 is 2.31 bits per heavy atom. The van der Waals surface area contributed by atoms with E-state index >= 15 is 0 Å². The summed E-state index contributed by atoms with van der Waals surface area (Å²) in [6.45, 7) is 4.18. The Balaban J connectivity index is 1.82. The Hall–Kier alpha value is -2.01. The molecular formula is C20H21Cl2N3O. The molecule has 0 amide bonds. The molecule has 2 atom stereocenters. The molecule has 0 saturated heterocycles. The highest BCUT2D eigenvalue weighted by atomic mass is 35.5. The first-order valence-corrected chi connectivity index (χ1v) is 9.15. The Morgan fingerprint density at radius 2 is 1.65 bits per heavy atom. The number of hydrogen-bond acceptors (Lipinski definition) is 3. The van der Waals surface area contributed by atoms with Crippen LogP contribution in [0.4, 0.5) is 0 Å². The second-order valence-corrected chi connectivity index (χ2v) is 7.04. The lowest BCUT2D eigenvalue weighted by Crippen LogP contribution is -2.23. The van der Waals surface area contributed by atoms with Gasteiger partial charge in [0.25, 0.3) is 0 Å². The van der Waals surface area contributed by atoms with Crippen molar-refractivity contribution < 1.29 is 4.74 Å². The maximum atomic E-state index is 6.10.